The summed E-state index contributed by atoms with van der Waals surface area (Å²) in [5.41, 5.74) is 0. The minimum Gasteiger partial charge on any atom is -0.394 e. The van der Waals surface area contributed by atoms with E-state index in [9.17, 15) is 20.3 Å². The van der Waals surface area contributed by atoms with Gasteiger partial charge in [-0.2, -0.15) is 0 Å². The molecule has 1 saturated carbocycles. The maximum atomic E-state index is 10.8. The molecule has 22 heavy (non-hydrogen) atoms. The van der Waals surface area contributed by atoms with Gasteiger partial charge in [-0.3, -0.25) is 10.1 Å². The number of hydrogen-bond acceptors (Lipinski definition) is 6. The van der Waals surface area contributed by atoms with Gasteiger partial charge in [0.2, 0.25) is 6.04 Å². The lowest BCUT2D eigenvalue weighted by Gasteiger charge is -2.40. The highest BCUT2D eigenvalue weighted by Gasteiger charge is 2.47. The van der Waals surface area contributed by atoms with Gasteiger partial charge in [0.05, 0.1) is 24.9 Å². The van der Waals surface area contributed by atoms with Gasteiger partial charge in [-0.15, -0.1) is 0 Å². The number of rotatable bonds is 5. The van der Waals surface area contributed by atoms with Crippen LogP contribution in [-0.4, -0.2) is 52.4 Å². The molecule has 0 aromatic heterocycles. The highest BCUT2D eigenvalue weighted by atomic mass is 16.7. The quantitative estimate of drug-likeness (QED) is 0.443. The van der Waals surface area contributed by atoms with Crippen molar-refractivity contribution in [3.05, 3.63) is 22.3 Å². The molecule has 2 aliphatic carbocycles. The zero-order valence-electron chi connectivity index (χ0n) is 12.4. The molecule has 2 fully saturated rings. The van der Waals surface area contributed by atoms with E-state index < -0.39 is 24.5 Å². The molecule has 1 saturated heterocycles. The fourth-order valence-corrected chi connectivity index (χ4v) is 3.44. The molecule has 7 nitrogen and oxygen atoms in total. The molecule has 1 aliphatic heterocycles. The van der Waals surface area contributed by atoms with E-state index in [0.717, 1.165) is 12.8 Å². The van der Waals surface area contributed by atoms with E-state index in [1.165, 1.54) is 0 Å². The van der Waals surface area contributed by atoms with Crippen molar-refractivity contribution in [2.45, 2.75) is 62.7 Å². The van der Waals surface area contributed by atoms with Crippen molar-refractivity contribution in [1.82, 2.24) is 0 Å². The molecular weight excluding hydrogens is 290 g/mol. The van der Waals surface area contributed by atoms with Crippen molar-refractivity contribution >= 4 is 0 Å². The van der Waals surface area contributed by atoms with Gasteiger partial charge >= 0.3 is 0 Å². The molecule has 0 bridgehead atoms. The van der Waals surface area contributed by atoms with Crippen molar-refractivity contribution < 1.29 is 24.6 Å². The molecule has 124 valence electrons. The molecule has 1 heterocycles. The van der Waals surface area contributed by atoms with Crippen LogP contribution in [0.2, 0.25) is 0 Å². The molecule has 0 amide bonds. The van der Waals surface area contributed by atoms with E-state index in [1.807, 2.05) is 0 Å². The summed E-state index contributed by atoms with van der Waals surface area (Å²) >= 11 is 0. The smallest absolute Gasteiger partial charge is 0.231 e. The summed E-state index contributed by atoms with van der Waals surface area (Å²) in [4.78, 5) is 10.5. The fraction of sp³-hybridized carbons (Fsp3) is 0.867. The van der Waals surface area contributed by atoms with Gasteiger partial charge < -0.3 is 19.7 Å². The van der Waals surface area contributed by atoms with Crippen molar-refractivity contribution in [2.75, 3.05) is 6.61 Å². The van der Waals surface area contributed by atoms with Gasteiger partial charge in [-0.05, 0) is 31.3 Å². The molecular formula is C15H23NO6. The van der Waals surface area contributed by atoms with Gasteiger partial charge in [-0.25, -0.2) is 0 Å². The van der Waals surface area contributed by atoms with Crippen LogP contribution in [0.3, 0.4) is 0 Å². The first-order valence-corrected chi connectivity index (χ1v) is 8.00. The van der Waals surface area contributed by atoms with Crippen molar-refractivity contribution in [3.63, 3.8) is 0 Å². The third-order valence-electron chi connectivity index (χ3n) is 4.83. The van der Waals surface area contributed by atoms with Gasteiger partial charge in [0.15, 0.2) is 6.29 Å². The lowest BCUT2D eigenvalue weighted by atomic mass is 9.89. The SMILES string of the molecule is O=[N+]([O-])[C@@H]1C=CC(O[C@@H]2O[C@H](CO)C[C@H](O)C2C2CC2)CC1. The van der Waals surface area contributed by atoms with E-state index in [0.29, 0.717) is 25.2 Å². The Hall–Kier alpha value is -1.02. The molecule has 0 aromatic rings. The Labute approximate surface area is 129 Å². The van der Waals surface area contributed by atoms with Crippen LogP contribution in [0, 0.1) is 22.0 Å². The monoisotopic (exact) mass is 313 g/mol. The predicted molar refractivity (Wildman–Crippen MR) is 76.6 cm³/mol. The van der Waals surface area contributed by atoms with Crippen LogP contribution in [0.1, 0.15) is 32.1 Å². The Morgan fingerprint density at radius 2 is 2.05 bits per heavy atom. The first kappa shape index (κ1) is 15.9. The number of nitrogens with zero attached hydrogens (tertiary/aromatic N) is 1. The van der Waals surface area contributed by atoms with Gasteiger partial charge in [0, 0.05) is 23.7 Å². The van der Waals surface area contributed by atoms with Crippen molar-refractivity contribution in [2.24, 2.45) is 11.8 Å². The maximum absolute atomic E-state index is 10.8. The zero-order valence-corrected chi connectivity index (χ0v) is 12.4. The first-order chi connectivity index (χ1) is 10.6. The Morgan fingerprint density at radius 3 is 2.59 bits per heavy atom. The summed E-state index contributed by atoms with van der Waals surface area (Å²) in [6.07, 6.45) is 5.17. The van der Waals surface area contributed by atoms with E-state index in [2.05, 4.69) is 0 Å². The summed E-state index contributed by atoms with van der Waals surface area (Å²) in [7, 11) is 0. The number of aliphatic hydroxyl groups is 2. The average molecular weight is 313 g/mol. The van der Waals surface area contributed by atoms with Crippen molar-refractivity contribution in [1.29, 1.82) is 0 Å². The predicted octanol–water partition coefficient (Wildman–Crippen LogP) is 0.861. The Balaban J connectivity index is 1.63. The minimum absolute atomic E-state index is 0.0653. The number of nitro groups is 1. The van der Waals surface area contributed by atoms with Crippen LogP contribution in [-0.2, 0) is 9.47 Å². The second kappa shape index (κ2) is 6.62. The van der Waals surface area contributed by atoms with E-state index >= 15 is 0 Å². The molecule has 7 heteroatoms. The molecule has 2 N–H and O–H groups in total. The van der Waals surface area contributed by atoms with Gasteiger partial charge in [0.25, 0.3) is 0 Å². The summed E-state index contributed by atoms with van der Waals surface area (Å²) < 4.78 is 11.8. The van der Waals surface area contributed by atoms with E-state index in [4.69, 9.17) is 9.47 Å². The highest BCUT2D eigenvalue weighted by molar-refractivity contribution is 5.01. The van der Waals surface area contributed by atoms with Crippen LogP contribution >= 0.6 is 0 Å². The van der Waals surface area contributed by atoms with Crippen LogP contribution in [0.15, 0.2) is 12.2 Å². The van der Waals surface area contributed by atoms with E-state index in [1.54, 1.807) is 12.2 Å². The Kier molecular flexibility index (Phi) is 4.77. The van der Waals surface area contributed by atoms with Crippen LogP contribution < -0.4 is 0 Å². The lowest BCUT2D eigenvalue weighted by molar-refractivity contribution is -0.511. The van der Waals surface area contributed by atoms with Crippen molar-refractivity contribution in [3.8, 4) is 0 Å². The zero-order chi connectivity index (χ0) is 15.7. The third kappa shape index (κ3) is 3.48. The normalized spacial score (nSPS) is 42.3. The topological polar surface area (TPSA) is 102 Å². The van der Waals surface area contributed by atoms with Crippen LogP contribution in [0.25, 0.3) is 0 Å². The molecule has 3 rings (SSSR count). The second-order valence-electron chi connectivity index (χ2n) is 6.52. The fourth-order valence-electron chi connectivity index (χ4n) is 3.44. The number of ether oxygens (including phenoxy) is 2. The summed E-state index contributed by atoms with van der Waals surface area (Å²) in [5.74, 6) is 0.350. The molecule has 0 spiro atoms. The average Bonchev–Trinajstić information content (AvgIpc) is 3.32. The van der Waals surface area contributed by atoms with E-state index in [-0.39, 0.29) is 23.6 Å². The standard InChI is InChI=1S/C15H23NO6/c17-8-12-7-13(18)14(9-1-2-9)15(22-12)21-11-5-3-10(4-6-11)16(19)20/h3,5,9-15,17-18H,1-2,4,6-8H2/t10-,11?,12+,13+,14?,15-/m1/s1. The largest absolute Gasteiger partial charge is 0.394 e. The molecule has 6 atom stereocenters. The molecule has 3 aliphatic rings. The molecule has 0 aromatic carbocycles. The Morgan fingerprint density at radius 1 is 1.27 bits per heavy atom. The van der Waals surface area contributed by atoms with Crippen LogP contribution in [0.5, 0.6) is 0 Å². The molecule has 2 unspecified atom stereocenters. The van der Waals surface area contributed by atoms with Crippen LogP contribution in [0.4, 0.5) is 0 Å². The summed E-state index contributed by atoms with van der Waals surface area (Å²) in [6.45, 7) is -0.141. The molecule has 0 radical (unpaired) electrons. The number of hydrogen-bond donors (Lipinski definition) is 2. The third-order valence-corrected chi connectivity index (χ3v) is 4.83. The number of aliphatic hydroxyl groups excluding tert-OH is 2. The summed E-state index contributed by atoms with van der Waals surface area (Å²) in [6, 6.07) is -0.637. The second-order valence-corrected chi connectivity index (χ2v) is 6.52. The minimum atomic E-state index is -0.637. The first-order valence-electron chi connectivity index (χ1n) is 8.00. The van der Waals surface area contributed by atoms with Gasteiger partial charge in [-0.1, -0.05) is 6.08 Å². The highest BCUT2D eigenvalue weighted by Crippen LogP contribution is 2.45. The van der Waals surface area contributed by atoms with Gasteiger partial charge in [0.1, 0.15) is 0 Å². The summed E-state index contributed by atoms with van der Waals surface area (Å²) in [5, 5.41) is 30.4. The Bertz CT molecular complexity index is 438. The maximum Gasteiger partial charge on any atom is 0.231 e. The lowest BCUT2D eigenvalue weighted by Crippen LogP contribution is -2.49.